The Hall–Kier alpha value is -1.04. The molecule has 1 atom stereocenters. The van der Waals surface area contributed by atoms with E-state index in [1.54, 1.807) is 0 Å². The van der Waals surface area contributed by atoms with Crippen LogP contribution in [0.3, 0.4) is 0 Å². The maximum Gasteiger partial charge on any atom is 0.0689 e. The molecule has 92 valence electrons. The first-order valence-electron chi connectivity index (χ1n) is 6.11. The summed E-state index contributed by atoms with van der Waals surface area (Å²) in [6.07, 6.45) is 0. The van der Waals surface area contributed by atoms with Gasteiger partial charge in [0.15, 0.2) is 0 Å². The molecule has 0 saturated carbocycles. The predicted molar refractivity (Wildman–Crippen MR) is 78.9 cm³/mol. The average molecular weight is 245 g/mol. The smallest absolute Gasteiger partial charge is 0.0689 e. The first-order chi connectivity index (χ1) is 7.88. The van der Waals surface area contributed by atoms with Gasteiger partial charge in [-0.1, -0.05) is 49.7 Å². The Kier molecular flexibility index (Phi) is 4.98. The molecule has 0 aliphatic heterocycles. The van der Waals surface area contributed by atoms with Gasteiger partial charge in [-0.2, -0.15) is 0 Å². The second-order valence-corrected chi connectivity index (χ2v) is 11.4. The van der Waals surface area contributed by atoms with Crippen LogP contribution in [0.5, 0.6) is 0 Å². The van der Waals surface area contributed by atoms with Crippen molar-refractivity contribution in [3.05, 3.63) is 35.9 Å². The molecule has 0 saturated heterocycles. The number of hydrogen-bond acceptors (Lipinski definition) is 1. The highest BCUT2D eigenvalue weighted by molar-refractivity contribution is 6.76. The molecule has 0 radical (unpaired) electrons. The van der Waals surface area contributed by atoms with Gasteiger partial charge in [0, 0.05) is 13.6 Å². The minimum Gasteiger partial charge on any atom is -0.296 e. The van der Waals surface area contributed by atoms with Crippen molar-refractivity contribution in [2.45, 2.75) is 31.7 Å². The summed E-state index contributed by atoms with van der Waals surface area (Å²) in [5.74, 6) is 6.68. The van der Waals surface area contributed by atoms with Crippen molar-refractivity contribution in [2.24, 2.45) is 0 Å². The Labute approximate surface area is 107 Å². The van der Waals surface area contributed by atoms with Crippen molar-refractivity contribution in [3.8, 4) is 11.8 Å². The van der Waals surface area contributed by atoms with E-state index in [0.717, 1.165) is 5.56 Å². The van der Waals surface area contributed by atoms with E-state index in [1.807, 2.05) is 18.2 Å². The second-order valence-electron chi connectivity index (χ2n) is 5.88. The fourth-order valence-corrected chi connectivity index (χ4v) is 3.26. The minimum atomic E-state index is -1.07. The Morgan fingerprint density at radius 3 is 2.18 bits per heavy atom. The zero-order chi connectivity index (χ0) is 12.9. The van der Waals surface area contributed by atoms with E-state index in [4.69, 9.17) is 0 Å². The van der Waals surface area contributed by atoms with Crippen LogP contribution in [0.1, 0.15) is 5.56 Å². The Morgan fingerprint density at radius 2 is 1.71 bits per heavy atom. The van der Waals surface area contributed by atoms with E-state index >= 15 is 0 Å². The van der Waals surface area contributed by atoms with Crippen molar-refractivity contribution in [1.82, 2.24) is 4.90 Å². The summed E-state index contributed by atoms with van der Waals surface area (Å²) in [4.78, 5) is 2.23. The highest BCUT2D eigenvalue weighted by atomic mass is 28.3. The summed E-state index contributed by atoms with van der Waals surface area (Å²) in [5.41, 5.74) is 1.11. The maximum absolute atomic E-state index is 3.40. The average Bonchev–Trinajstić information content (AvgIpc) is 2.24. The van der Waals surface area contributed by atoms with Gasteiger partial charge in [-0.3, -0.25) is 4.90 Å². The molecule has 1 aromatic rings. The van der Waals surface area contributed by atoms with Crippen LogP contribution in [0.2, 0.25) is 25.7 Å². The van der Waals surface area contributed by atoms with E-state index in [1.165, 1.54) is 6.04 Å². The maximum atomic E-state index is 3.40. The van der Waals surface area contributed by atoms with Gasteiger partial charge in [0.05, 0.1) is 6.04 Å². The summed E-state index contributed by atoms with van der Waals surface area (Å²) >= 11 is 0. The van der Waals surface area contributed by atoms with Crippen LogP contribution in [0.15, 0.2) is 30.3 Å². The summed E-state index contributed by atoms with van der Waals surface area (Å²) in [5, 5.41) is 0. The van der Waals surface area contributed by atoms with Crippen LogP contribution in [-0.4, -0.2) is 33.1 Å². The molecule has 1 rings (SSSR count). The summed E-state index contributed by atoms with van der Waals surface area (Å²) in [7, 11) is 3.17. The van der Waals surface area contributed by atoms with Gasteiger partial charge in [-0.15, -0.1) is 0 Å². The van der Waals surface area contributed by atoms with Gasteiger partial charge in [-0.25, -0.2) is 0 Å². The lowest BCUT2D eigenvalue weighted by Crippen LogP contribution is -2.35. The largest absolute Gasteiger partial charge is 0.296 e. The van der Waals surface area contributed by atoms with Crippen LogP contribution in [0.4, 0.5) is 0 Å². The first-order valence-corrected chi connectivity index (χ1v) is 9.82. The third-order valence-corrected chi connectivity index (χ3v) is 4.20. The SMILES string of the molecule is CN(C)C(C#Cc1ccccc1)C[Si](C)(C)C. The summed E-state index contributed by atoms with van der Waals surface area (Å²) in [6, 6.07) is 11.8. The second kappa shape index (κ2) is 6.04. The van der Waals surface area contributed by atoms with E-state index in [9.17, 15) is 0 Å². The van der Waals surface area contributed by atoms with E-state index in [0.29, 0.717) is 6.04 Å². The molecule has 0 spiro atoms. The van der Waals surface area contributed by atoms with Gasteiger partial charge in [0.1, 0.15) is 0 Å². The van der Waals surface area contributed by atoms with Gasteiger partial charge < -0.3 is 0 Å². The molecule has 0 bridgehead atoms. The molecule has 1 unspecified atom stereocenters. The molecular weight excluding hydrogens is 222 g/mol. The lowest BCUT2D eigenvalue weighted by Gasteiger charge is -2.25. The normalized spacial score (nSPS) is 13.1. The molecule has 0 aliphatic rings. The van der Waals surface area contributed by atoms with Crippen molar-refractivity contribution in [1.29, 1.82) is 0 Å². The predicted octanol–water partition coefficient (Wildman–Crippen LogP) is 3.31. The highest BCUT2D eigenvalue weighted by Gasteiger charge is 2.20. The van der Waals surface area contributed by atoms with Crippen molar-refractivity contribution >= 4 is 8.07 Å². The Bertz CT molecular complexity index is 392. The van der Waals surface area contributed by atoms with Gasteiger partial charge >= 0.3 is 0 Å². The molecule has 1 aromatic carbocycles. The number of hydrogen-bond donors (Lipinski definition) is 0. The van der Waals surface area contributed by atoms with Crippen LogP contribution in [-0.2, 0) is 0 Å². The Balaban J connectivity index is 2.78. The van der Waals surface area contributed by atoms with E-state index < -0.39 is 8.07 Å². The number of rotatable bonds is 3. The molecular formula is C15H23NSi. The third kappa shape index (κ3) is 5.72. The van der Waals surface area contributed by atoms with Crippen molar-refractivity contribution < 1.29 is 0 Å². The zero-order valence-corrected chi connectivity index (χ0v) is 12.6. The van der Waals surface area contributed by atoms with Gasteiger partial charge in [0.2, 0.25) is 0 Å². The van der Waals surface area contributed by atoms with Crippen LogP contribution in [0, 0.1) is 11.8 Å². The van der Waals surface area contributed by atoms with Crippen LogP contribution >= 0.6 is 0 Å². The first kappa shape index (κ1) is 14.0. The zero-order valence-electron chi connectivity index (χ0n) is 11.6. The topological polar surface area (TPSA) is 3.24 Å². The monoisotopic (exact) mass is 245 g/mol. The molecule has 0 heterocycles. The molecule has 0 N–H and O–H groups in total. The van der Waals surface area contributed by atoms with Gasteiger partial charge in [0.25, 0.3) is 0 Å². The quantitative estimate of drug-likeness (QED) is 0.583. The summed E-state index contributed by atoms with van der Waals surface area (Å²) in [6.45, 7) is 7.19. The van der Waals surface area contributed by atoms with Crippen molar-refractivity contribution in [3.63, 3.8) is 0 Å². The molecule has 1 nitrogen and oxygen atoms in total. The lowest BCUT2D eigenvalue weighted by molar-refractivity contribution is 0.371. The lowest BCUT2D eigenvalue weighted by atomic mass is 10.2. The fourth-order valence-electron chi connectivity index (χ4n) is 1.63. The molecule has 17 heavy (non-hydrogen) atoms. The Morgan fingerprint density at radius 1 is 1.12 bits per heavy atom. The van der Waals surface area contributed by atoms with E-state index in [2.05, 4.69) is 62.6 Å². The molecule has 0 amide bonds. The van der Waals surface area contributed by atoms with Crippen molar-refractivity contribution in [2.75, 3.05) is 14.1 Å². The number of nitrogens with zero attached hydrogens (tertiary/aromatic N) is 1. The fraction of sp³-hybridized carbons (Fsp3) is 0.467. The van der Waals surface area contributed by atoms with E-state index in [-0.39, 0.29) is 0 Å². The van der Waals surface area contributed by atoms with Crippen LogP contribution in [0.25, 0.3) is 0 Å². The molecule has 0 aliphatic carbocycles. The molecule has 0 aromatic heterocycles. The third-order valence-electron chi connectivity index (χ3n) is 2.59. The number of benzene rings is 1. The standard InChI is InChI=1S/C15H23NSi/c1-16(2)15(13-17(3,4)5)12-11-14-9-7-6-8-10-14/h6-10,15H,13H2,1-5H3. The van der Waals surface area contributed by atoms with Gasteiger partial charge in [-0.05, 0) is 32.3 Å². The molecule has 0 fully saturated rings. The summed E-state index contributed by atoms with van der Waals surface area (Å²) < 4.78 is 0. The minimum absolute atomic E-state index is 0.377. The molecule has 2 heteroatoms. The van der Waals surface area contributed by atoms with Crippen LogP contribution < -0.4 is 0 Å². The highest BCUT2D eigenvalue weighted by Crippen LogP contribution is 2.14.